The number of hydrogen-bond acceptors (Lipinski definition) is 4. The number of nitrogens with one attached hydrogen (secondary N) is 1. The van der Waals surface area contributed by atoms with Crippen LogP contribution < -0.4 is 10.1 Å². The van der Waals surface area contributed by atoms with Crippen LogP contribution in [0.1, 0.15) is 43.2 Å². The maximum atomic E-state index is 13.4. The lowest BCUT2D eigenvalue weighted by atomic mass is 9.88. The van der Waals surface area contributed by atoms with E-state index in [1.54, 1.807) is 31.4 Å². The Morgan fingerprint density at radius 1 is 1.15 bits per heavy atom. The predicted molar refractivity (Wildman–Crippen MR) is 125 cm³/mol. The average Bonchev–Trinajstić information content (AvgIpc) is 3.04. The lowest BCUT2D eigenvalue weighted by molar-refractivity contribution is -0.137. The Morgan fingerprint density at radius 3 is 2.44 bits per heavy atom. The normalized spacial score (nSPS) is 17.6. The maximum Gasteiger partial charge on any atom is 0.416 e. The first kappa shape index (κ1) is 24.3. The second kappa shape index (κ2) is 9.40. The number of methoxy groups -OCH3 is 1. The van der Waals surface area contributed by atoms with Gasteiger partial charge in [-0.25, -0.2) is 0 Å². The van der Waals surface area contributed by atoms with E-state index in [0.29, 0.717) is 24.2 Å². The number of alkyl halides is 3. The summed E-state index contributed by atoms with van der Waals surface area (Å²) in [6.07, 6.45) is -0.554. The van der Waals surface area contributed by atoms with E-state index in [1.165, 1.54) is 11.0 Å². The number of aliphatic imine (C=N–C) groups is 1. The first-order valence-electron chi connectivity index (χ1n) is 10.9. The zero-order valence-electron chi connectivity index (χ0n) is 18.4. The highest BCUT2D eigenvalue weighted by Gasteiger charge is 2.48. The highest BCUT2D eigenvalue weighted by atomic mass is 79.9. The summed E-state index contributed by atoms with van der Waals surface area (Å²) < 4.78 is 44.8. The molecule has 0 unspecified atom stereocenters. The fourth-order valence-corrected chi connectivity index (χ4v) is 4.95. The number of amides is 2. The van der Waals surface area contributed by atoms with Crippen LogP contribution >= 0.6 is 15.9 Å². The van der Waals surface area contributed by atoms with Crippen molar-refractivity contribution < 1.29 is 27.5 Å². The van der Waals surface area contributed by atoms with Gasteiger partial charge in [-0.2, -0.15) is 13.2 Å². The molecule has 1 aliphatic heterocycles. The van der Waals surface area contributed by atoms with Crippen molar-refractivity contribution in [2.45, 2.75) is 43.9 Å². The molecule has 34 heavy (non-hydrogen) atoms. The van der Waals surface area contributed by atoms with Crippen molar-refractivity contribution in [2.24, 2.45) is 4.99 Å². The molecule has 2 aliphatic rings. The zero-order chi connectivity index (χ0) is 24.5. The standard InChI is InChI=1S/C24H23BrF3N3O3/c1-34-19-7-5-15(6-8-19)21-22(33)31(23(30-21)9-3-2-4-10-23)14-20(32)29-18-12-16(24(26,27)28)11-17(25)13-18/h5-8,11-13H,2-4,9-10,14H2,1H3,(H,29,32). The lowest BCUT2D eigenvalue weighted by Crippen LogP contribution is -2.51. The van der Waals surface area contributed by atoms with Crippen molar-refractivity contribution in [3.05, 3.63) is 58.1 Å². The largest absolute Gasteiger partial charge is 0.497 e. The van der Waals surface area contributed by atoms with E-state index in [-0.39, 0.29) is 28.3 Å². The fourth-order valence-electron chi connectivity index (χ4n) is 4.46. The van der Waals surface area contributed by atoms with Gasteiger partial charge in [0.25, 0.3) is 5.91 Å². The van der Waals surface area contributed by atoms with E-state index in [1.807, 2.05) is 0 Å². The SMILES string of the molecule is COc1ccc(C2=NC3(CCCCC3)N(CC(=O)Nc3cc(Br)cc(C(F)(F)F)c3)C2=O)cc1. The number of benzene rings is 2. The molecule has 4 rings (SSSR count). The molecule has 1 N–H and O–H groups in total. The van der Waals surface area contributed by atoms with E-state index in [9.17, 15) is 22.8 Å². The van der Waals surface area contributed by atoms with Crippen LogP contribution in [-0.2, 0) is 15.8 Å². The van der Waals surface area contributed by atoms with Crippen molar-refractivity contribution in [1.29, 1.82) is 0 Å². The topological polar surface area (TPSA) is 71.0 Å². The Morgan fingerprint density at radius 2 is 1.82 bits per heavy atom. The minimum absolute atomic E-state index is 0.00710. The number of anilines is 1. The van der Waals surface area contributed by atoms with Crippen LogP contribution in [0.5, 0.6) is 5.75 Å². The van der Waals surface area contributed by atoms with E-state index in [0.717, 1.165) is 31.4 Å². The van der Waals surface area contributed by atoms with Gasteiger partial charge in [-0.1, -0.05) is 22.4 Å². The van der Waals surface area contributed by atoms with Crippen molar-refractivity contribution in [3.63, 3.8) is 0 Å². The van der Waals surface area contributed by atoms with E-state index < -0.39 is 23.3 Å². The molecule has 6 nitrogen and oxygen atoms in total. The molecule has 2 aromatic rings. The molecular formula is C24H23BrF3N3O3. The first-order valence-corrected chi connectivity index (χ1v) is 11.6. The predicted octanol–water partition coefficient (Wildman–Crippen LogP) is 5.41. The first-order chi connectivity index (χ1) is 16.1. The smallest absolute Gasteiger partial charge is 0.416 e. The molecule has 2 amide bonds. The number of carbonyl (C=O) groups excluding carboxylic acids is 2. The lowest BCUT2D eigenvalue weighted by Gasteiger charge is -2.38. The van der Waals surface area contributed by atoms with Crippen molar-refractivity contribution >= 4 is 39.1 Å². The second-order valence-electron chi connectivity index (χ2n) is 8.40. The van der Waals surface area contributed by atoms with Crippen LogP contribution in [0.25, 0.3) is 0 Å². The number of hydrogen-bond donors (Lipinski definition) is 1. The van der Waals surface area contributed by atoms with Gasteiger partial charge < -0.3 is 15.0 Å². The van der Waals surface area contributed by atoms with Crippen LogP contribution in [0.3, 0.4) is 0 Å². The van der Waals surface area contributed by atoms with Crippen LogP contribution in [0, 0.1) is 0 Å². The molecule has 0 saturated heterocycles. The van der Waals surface area contributed by atoms with E-state index >= 15 is 0 Å². The van der Waals surface area contributed by atoms with Gasteiger partial charge in [0, 0.05) is 15.7 Å². The van der Waals surface area contributed by atoms with Gasteiger partial charge in [0.1, 0.15) is 23.7 Å². The number of rotatable bonds is 5. The molecule has 1 saturated carbocycles. The van der Waals surface area contributed by atoms with Gasteiger partial charge in [-0.05, 0) is 68.1 Å². The Bertz CT molecular complexity index is 1130. The minimum atomic E-state index is -4.55. The summed E-state index contributed by atoms with van der Waals surface area (Å²) >= 11 is 3.05. The Hall–Kier alpha value is -2.88. The van der Waals surface area contributed by atoms with Crippen LogP contribution in [0.2, 0.25) is 0 Å². The Labute approximate surface area is 203 Å². The molecule has 1 spiro atoms. The summed E-state index contributed by atoms with van der Waals surface area (Å²) in [5.74, 6) is -0.311. The number of nitrogens with zero attached hydrogens (tertiary/aromatic N) is 2. The molecule has 1 fully saturated rings. The third-order valence-electron chi connectivity index (χ3n) is 6.10. The molecule has 0 atom stereocenters. The molecule has 2 aromatic carbocycles. The van der Waals surface area contributed by atoms with Gasteiger partial charge in [0.15, 0.2) is 0 Å². The van der Waals surface area contributed by atoms with Crippen LogP contribution in [0.4, 0.5) is 18.9 Å². The average molecular weight is 538 g/mol. The summed E-state index contributed by atoms with van der Waals surface area (Å²) in [6.45, 7) is -0.310. The molecule has 1 heterocycles. The Kier molecular flexibility index (Phi) is 6.71. The van der Waals surface area contributed by atoms with Gasteiger partial charge in [0.05, 0.1) is 12.7 Å². The maximum absolute atomic E-state index is 13.4. The van der Waals surface area contributed by atoms with Gasteiger partial charge in [-0.3, -0.25) is 14.6 Å². The van der Waals surface area contributed by atoms with Crippen LogP contribution in [-0.4, -0.2) is 41.7 Å². The summed E-state index contributed by atoms with van der Waals surface area (Å²) in [5.41, 5.74) is -0.814. The molecule has 0 radical (unpaired) electrons. The third kappa shape index (κ3) is 4.96. The van der Waals surface area contributed by atoms with Crippen molar-refractivity contribution in [1.82, 2.24) is 4.90 Å². The summed E-state index contributed by atoms with van der Waals surface area (Å²) in [7, 11) is 1.55. The molecule has 180 valence electrons. The third-order valence-corrected chi connectivity index (χ3v) is 6.56. The molecule has 10 heteroatoms. The zero-order valence-corrected chi connectivity index (χ0v) is 20.0. The number of carbonyl (C=O) groups is 2. The molecule has 1 aliphatic carbocycles. The fraction of sp³-hybridized carbons (Fsp3) is 0.375. The van der Waals surface area contributed by atoms with Gasteiger partial charge >= 0.3 is 6.18 Å². The second-order valence-corrected chi connectivity index (χ2v) is 9.31. The number of halogens is 4. The Balaban J connectivity index is 1.57. The highest BCUT2D eigenvalue weighted by molar-refractivity contribution is 9.10. The van der Waals surface area contributed by atoms with Gasteiger partial charge in [0.2, 0.25) is 5.91 Å². The van der Waals surface area contributed by atoms with Crippen molar-refractivity contribution in [2.75, 3.05) is 19.0 Å². The quantitative estimate of drug-likeness (QED) is 0.554. The summed E-state index contributed by atoms with van der Waals surface area (Å²) in [4.78, 5) is 32.5. The number of ether oxygens (including phenoxy) is 1. The summed E-state index contributed by atoms with van der Waals surface area (Å²) in [5, 5.41) is 2.50. The minimum Gasteiger partial charge on any atom is -0.497 e. The van der Waals surface area contributed by atoms with E-state index in [4.69, 9.17) is 9.73 Å². The van der Waals surface area contributed by atoms with Crippen molar-refractivity contribution in [3.8, 4) is 5.75 Å². The van der Waals surface area contributed by atoms with Crippen LogP contribution in [0.15, 0.2) is 51.9 Å². The molecule has 0 bridgehead atoms. The highest BCUT2D eigenvalue weighted by Crippen LogP contribution is 2.40. The summed E-state index contributed by atoms with van der Waals surface area (Å²) in [6, 6.07) is 10.1. The molecular weight excluding hydrogens is 515 g/mol. The van der Waals surface area contributed by atoms with E-state index in [2.05, 4.69) is 21.2 Å². The molecule has 0 aromatic heterocycles. The monoisotopic (exact) mass is 537 g/mol. The van der Waals surface area contributed by atoms with Gasteiger partial charge in [-0.15, -0.1) is 0 Å².